The number of hydrogen-bond donors (Lipinski definition) is 1. The van der Waals surface area contributed by atoms with Crippen molar-refractivity contribution >= 4 is 40.7 Å². The molecule has 0 saturated heterocycles. The first-order valence-corrected chi connectivity index (χ1v) is 9.23. The van der Waals surface area contributed by atoms with Crippen molar-refractivity contribution in [2.75, 3.05) is 18.4 Å². The van der Waals surface area contributed by atoms with E-state index < -0.39 is 0 Å². The molecule has 0 spiro atoms. The first-order chi connectivity index (χ1) is 12.4. The molecule has 0 saturated carbocycles. The van der Waals surface area contributed by atoms with Crippen molar-refractivity contribution in [1.29, 1.82) is 0 Å². The van der Waals surface area contributed by atoms with E-state index in [4.69, 9.17) is 23.2 Å². The molecule has 0 aromatic heterocycles. The summed E-state index contributed by atoms with van der Waals surface area (Å²) in [5.74, 6) is -0.391. The van der Waals surface area contributed by atoms with E-state index in [0.717, 1.165) is 17.7 Å². The lowest BCUT2D eigenvalue weighted by molar-refractivity contribution is -0.132. The SMILES string of the molecule is CCc1ccc(NC(=O)CN(CCc2ccc(Cl)cc2Cl)C(C)=O)cc1. The van der Waals surface area contributed by atoms with Gasteiger partial charge in [-0.05, 0) is 48.2 Å². The Morgan fingerprint density at radius 3 is 2.35 bits per heavy atom. The van der Waals surface area contributed by atoms with E-state index in [2.05, 4.69) is 12.2 Å². The third kappa shape index (κ3) is 6.04. The van der Waals surface area contributed by atoms with Crippen LogP contribution in [0.4, 0.5) is 5.69 Å². The first-order valence-electron chi connectivity index (χ1n) is 8.47. The van der Waals surface area contributed by atoms with Crippen LogP contribution in [0.25, 0.3) is 0 Å². The van der Waals surface area contributed by atoms with Crippen molar-refractivity contribution in [2.24, 2.45) is 0 Å². The van der Waals surface area contributed by atoms with Gasteiger partial charge in [-0.1, -0.05) is 48.3 Å². The van der Waals surface area contributed by atoms with Gasteiger partial charge in [-0.2, -0.15) is 0 Å². The summed E-state index contributed by atoms with van der Waals surface area (Å²) in [6.45, 7) is 3.92. The molecule has 26 heavy (non-hydrogen) atoms. The minimum Gasteiger partial charge on any atom is -0.333 e. The minimum atomic E-state index is -0.230. The topological polar surface area (TPSA) is 49.4 Å². The predicted molar refractivity (Wildman–Crippen MR) is 107 cm³/mol. The van der Waals surface area contributed by atoms with E-state index in [1.807, 2.05) is 30.3 Å². The number of halogens is 2. The number of aryl methyl sites for hydroxylation is 1. The summed E-state index contributed by atoms with van der Waals surface area (Å²) < 4.78 is 0. The molecule has 6 heteroatoms. The average Bonchev–Trinajstić information content (AvgIpc) is 2.60. The smallest absolute Gasteiger partial charge is 0.243 e. The lowest BCUT2D eigenvalue weighted by Gasteiger charge is -2.21. The van der Waals surface area contributed by atoms with Crippen LogP contribution in [0.1, 0.15) is 25.0 Å². The van der Waals surface area contributed by atoms with Gasteiger partial charge in [0.2, 0.25) is 11.8 Å². The fourth-order valence-corrected chi connectivity index (χ4v) is 3.03. The molecule has 0 heterocycles. The van der Waals surface area contributed by atoms with Gasteiger partial charge >= 0.3 is 0 Å². The van der Waals surface area contributed by atoms with Gasteiger partial charge in [0.1, 0.15) is 0 Å². The summed E-state index contributed by atoms with van der Waals surface area (Å²) in [7, 11) is 0. The standard InChI is InChI=1S/C20H22Cl2N2O2/c1-3-15-4-8-18(9-5-15)23-20(26)13-24(14(2)25)11-10-16-6-7-17(21)12-19(16)22/h4-9,12H,3,10-11,13H2,1-2H3,(H,23,26). The molecule has 0 atom stereocenters. The van der Waals surface area contributed by atoms with Gasteiger partial charge in [-0.25, -0.2) is 0 Å². The van der Waals surface area contributed by atoms with Crippen LogP contribution >= 0.6 is 23.2 Å². The highest BCUT2D eigenvalue weighted by molar-refractivity contribution is 6.35. The molecule has 1 N–H and O–H groups in total. The second-order valence-corrected chi connectivity index (χ2v) is 6.87. The molecule has 2 aromatic carbocycles. The Bertz CT molecular complexity index is 776. The Hall–Kier alpha value is -2.04. The van der Waals surface area contributed by atoms with E-state index in [9.17, 15) is 9.59 Å². The number of carbonyl (C=O) groups is 2. The average molecular weight is 393 g/mol. The monoisotopic (exact) mass is 392 g/mol. The molecule has 4 nitrogen and oxygen atoms in total. The van der Waals surface area contributed by atoms with Crippen LogP contribution in [0.15, 0.2) is 42.5 Å². The molecule has 0 fully saturated rings. The van der Waals surface area contributed by atoms with Crippen LogP contribution in [-0.2, 0) is 22.4 Å². The van der Waals surface area contributed by atoms with Gasteiger partial charge in [0, 0.05) is 29.2 Å². The predicted octanol–water partition coefficient (Wildman–Crippen LogP) is 4.59. The summed E-state index contributed by atoms with van der Waals surface area (Å²) >= 11 is 12.1. The van der Waals surface area contributed by atoms with Gasteiger partial charge in [0.05, 0.1) is 6.54 Å². The highest BCUT2D eigenvalue weighted by Crippen LogP contribution is 2.21. The van der Waals surface area contributed by atoms with Crippen molar-refractivity contribution in [3.63, 3.8) is 0 Å². The highest BCUT2D eigenvalue weighted by Gasteiger charge is 2.14. The number of nitrogens with one attached hydrogen (secondary N) is 1. The molecule has 138 valence electrons. The van der Waals surface area contributed by atoms with Crippen molar-refractivity contribution < 1.29 is 9.59 Å². The zero-order valence-corrected chi connectivity index (χ0v) is 16.4. The van der Waals surface area contributed by atoms with Crippen LogP contribution in [0.2, 0.25) is 10.0 Å². The lowest BCUT2D eigenvalue weighted by atomic mass is 10.1. The summed E-state index contributed by atoms with van der Waals surface area (Å²) in [4.78, 5) is 25.6. The maximum atomic E-state index is 12.3. The van der Waals surface area contributed by atoms with Crippen molar-refractivity contribution in [3.8, 4) is 0 Å². The fourth-order valence-electron chi connectivity index (χ4n) is 2.53. The molecule has 0 radical (unpaired) electrons. The summed E-state index contributed by atoms with van der Waals surface area (Å²) in [6.07, 6.45) is 1.49. The Kier molecular flexibility index (Phi) is 7.49. The molecular formula is C20H22Cl2N2O2. The van der Waals surface area contributed by atoms with Crippen LogP contribution in [0.3, 0.4) is 0 Å². The molecule has 2 amide bonds. The third-order valence-corrected chi connectivity index (χ3v) is 4.68. The Morgan fingerprint density at radius 1 is 1.08 bits per heavy atom. The Morgan fingerprint density at radius 2 is 1.77 bits per heavy atom. The van der Waals surface area contributed by atoms with Gasteiger partial charge in [0.25, 0.3) is 0 Å². The molecule has 0 unspecified atom stereocenters. The number of carbonyl (C=O) groups excluding carboxylic acids is 2. The van der Waals surface area contributed by atoms with E-state index in [0.29, 0.717) is 23.0 Å². The number of rotatable bonds is 7. The Balaban J connectivity index is 1.93. The zero-order valence-electron chi connectivity index (χ0n) is 14.9. The second kappa shape index (κ2) is 9.60. The van der Waals surface area contributed by atoms with E-state index >= 15 is 0 Å². The molecule has 2 aromatic rings. The first kappa shape index (κ1) is 20.3. The van der Waals surface area contributed by atoms with Gasteiger partial charge in [0.15, 0.2) is 0 Å². The molecule has 0 aliphatic heterocycles. The minimum absolute atomic E-state index is 0.00390. The number of hydrogen-bond acceptors (Lipinski definition) is 2. The van der Waals surface area contributed by atoms with E-state index in [-0.39, 0.29) is 18.4 Å². The van der Waals surface area contributed by atoms with Gasteiger partial charge in [-0.15, -0.1) is 0 Å². The molecule has 0 bridgehead atoms. The molecule has 2 rings (SSSR count). The van der Waals surface area contributed by atoms with Crippen molar-refractivity contribution in [1.82, 2.24) is 4.90 Å². The van der Waals surface area contributed by atoms with Crippen LogP contribution in [0, 0.1) is 0 Å². The maximum Gasteiger partial charge on any atom is 0.243 e. The molecule has 0 aliphatic rings. The molecule has 0 aliphatic carbocycles. The summed E-state index contributed by atoms with van der Waals surface area (Å²) in [5.41, 5.74) is 2.81. The quantitative estimate of drug-likeness (QED) is 0.748. The Labute approximate surface area is 164 Å². The fraction of sp³-hybridized carbons (Fsp3) is 0.300. The van der Waals surface area contributed by atoms with Gasteiger partial charge < -0.3 is 10.2 Å². The lowest BCUT2D eigenvalue weighted by Crippen LogP contribution is -2.38. The maximum absolute atomic E-state index is 12.3. The number of anilines is 1. The summed E-state index contributed by atoms with van der Waals surface area (Å²) in [6, 6.07) is 12.9. The number of benzene rings is 2. The summed E-state index contributed by atoms with van der Waals surface area (Å²) in [5, 5.41) is 3.94. The number of amides is 2. The number of nitrogens with zero attached hydrogens (tertiary/aromatic N) is 1. The van der Waals surface area contributed by atoms with Crippen molar-refractivity contribution in [3.05, 3.63) is 63.6 Å². The van der Waals surface area contributed by atoms with E-state index in [1.54, 1.807) is 12.1 Å². The van der Waals surface area contributed by atoms with Gasteiger partial charge in [-0.3, -0.25) is 9.59 Å². The molecular weight excluding hydrogens is 371 g/mol. The van der Waals surface area contributed by atoms with Crippen molar-refractivity contribution in [2.45, 2.75) is 26.7 Å². The third-order valence-electron chi connectivity index (χ3n) is 4.09. The highest BCUT2D eigenvalue weighted by atomic mass is 35.5. The largest absolute Gasteiger partial charge is 0.333 e. The zero-order chi connectivity index (χ0) is 19.1. The van der Waals surface area contributed by atoms with E-state index in [1.165, 1.54) is 17.4 Å². The van der Waals surface area contributed by atoms with Crippen LogP contribution in [0.5, 0.6) is 0 Å². The normalized spacial score (nSPS) is 10.5. The van der Waals surface area contributed by atoms with Crippen LogP contribution in [-0.4, -0.2) is 29.8 Å². The second-order valence-electron chi connectivity index (χ2n) is 6.02. The van der Waals surface area contributed by atoms with Crippen LogP contribution < -0.4 is 5.32 Å².